The Hall–Kier alpha value is -1.88. The quantitative estimate of drug-likeness (QED) is 0.667. The number of nitrogens with one attached hydrogen (secondary N) is 2. The molecule has 0 fully saturated rings. The number of carbonyl (C=O) groups excluding carboxylic acids is 2. The van der Waals surface area contributed by atoms with Crippen molar-refractivity contribution in [2.45, 2.75) is 39.2 Å². The van der Waals surface area contributed by atoms with E-state index in [0.717, 1.165) is 5.56 Å². The van der Waals surface area contributed by atoms with Crippen LogP contribution in [-0.4, -0.2) is 36.1 Å². The molecule has 0 saturated heterocycles. The maximum atomic E-state index is 11.7. The van der Waals surface area contributed by atoms with Crippen LogP contribution in [0, 0.1) is 6.92 Å². The number of carbonyl (C=O) groups is 2. The van der Waals surface area contributed by atoms with Gasteiger partial charge in [-0.25, -0.2) is 0 Å². The van der Waals surface area contributed by atoms with Crippen molar-refractivity contribution in [1.82, 2.24) is 10.6 Å². The highest BCUT2D eigenvalue weighted by molar-refractivity contribution is 5.84. The number of aliphatic hydroxyl groups is 1. The van der Waals surface area contributed by atoms with Gasteiger partial charge < -0.3 is 15.7 Å². The number of hydrogen-bond acceptors (Lipinski definition) is 3. The third-order valence-electron chi connectivity index (χ3n) is 3.18. The molecule has 0 aliphatic carbocycles. The lowest BCUT2D eigenvalue weighted by molar-refractivity contribution is -0.126. The van der Waals surface area contributed by atoms with E-state index in [2.05, 4.69) is 10.6 Å². The molecule has 1 aromatic carbocycles. The minimum Gasteiger partial charge on any atom is -0.396 e. The average Bonchev–Trinajstić information content (AvgIpc) is 2.44. The van der Waals surface area contributed by atoms with Crippen LogP contribution in [0.1, 0.15) is 30.9 Å². The molecule has 1 unspecified atom stereocenters. The number of amides is 2. The summed E-state index contributed by atoms with van der Waals surface area (Å²) in [5.41, 5.74) is 2.30. The second-order valence-electron chi connectivity index (χ2n) is 5.24. The Morgan fingerprint density at radius 1 is 1.19 bits per heavy atom. The van der Waals surface area contributed by atoms with E-state index in [4.69, 9.17) is 5.11 Å². The van der Waals surface area contributed by atoms with Gasteiger partial charge in [-0.15, -0.1) is 0 Å². The van der Waals surface area contributed by atoms with Crippen molar-refractivity contribution in [2.24, 2.45) is 0 Å². The van der Waals surface area contributed by atoms with Gasteiger partial charge in [0, 0.05) is 19.1 Å². The van der Waals surface area contributed by atoms with Gasteiger partial charge in [0.1, 0.15) is 0 Å². The molecule has 0 spiro atoms. The Balaban J connectivity index is 2.21. The molecule has 0 saturated carbocycles. The summed E-state index contributed by atoms with van der Waals surface area (Å²) in [6.07, 6.45) is 1.53. The van der Waals surface area contributed by atoms with Crippen LogP contribution in [0.25, 0.3) is 0 Å². The van der Waals surface area contributed by atoms with Gasteiger partial charge in [0.25, 0.3) is 0 Å². The predicted molar refractivity (Wildman–Crippen MR) is 81.8 cm³/mol. The van der Waals surface area contributed by atoms with Crippen molar-refractivity contribution in [1.29, 1.82) is 0 Å². The Kier molecular flexibility index (Phi) is 7.46. The molecule has 21 heavy (non-hydrogen) atoms. The Morgan fingerprint density at radius 3 is 2.48 bits per heavy atom. The number of rotatable bonds is 8. The van der Waals surface area contributed by atoms with Crippen LogP contribution in [0.3, 0.4) is 0 Å². The second kappa shape index (κ2) is 9.13. The minimum atomic E-state index is -0.236. The summed E-state index contributed by atoms with van der Waals surface area (Å²) < 4.78 is 0. The molecule has 0 aliphatic rings. The first-order valence-electron chi connectivity index (χ1n) is 7.23. The van der Waals surface area contributed by atoms with Gasteiger partial charge in [0.2, 0.25) is 11.8 Å². The summed E-state index contributed by atoms with van der Waals surface area (Å²) in [6, 6.07) is 7.96. The van der Waals surface area contributed by atoms with Crippen LogP contribution in [0.5, 0.6) is 0 Å². The van der Waals surface area contributed by atoms with Crippen molar-refractivity contribution in [3.8, 4) is 0 Å². The highest BCUT2D eigenvalue weighted by atomic mass is 16.3. The Labute approximate surface area is 125 Å². The standard InChI is InChI=1S/C16H24N2O3/c1-12-3-5-14(6-4-12)7-8-15(20)17-11-16(21)18-13(2)9-10-19/h3-6,13,19H,7-11H2,1-2H3,(H,17,20)(H,18,21). The zero-order valence-electron chi connectivity index (χ0n) is 12.7. The molecular weight excluding hydrogens is 268 g/mol. The van der Waals surface area contributed by atoms with Crippen LogP contribution in [0.4, 0.5) is 0 Å². The molecule has 5 nitrogen and oxygen atoms in total. The topological polar surface area (TPSA) is 78.4 Å². The largest absolute Gasteiger partial charge is 0.396 e. The summed E-state index contributed by atoms with van der Waals surface area (Å²) >= 11 is 0. The lowest BCUT2D eigenvalue weighted by Gasteiger charge is -2.12. The number of aryl methyl sites for hydroxylation is 2. The zero-order valence-corrected chi connectivity index (χ0v) is 12.7. The molecule has 2 amide bonds. The van der Waals surface area contributed by atoms with E-state index in [-0.39, 0.29) is 31.0 Å². The molecule has 1 rings (SSSR count). The third-order valence-corrected chi connectivity index (χ3v) is 3.18. The van der Waals surface area contributed by atoms with Crippen molar-refractivity contribution < 1.29 is 14.7 Å². The second-order valence-corrected chi connectivity index (χ2v) is 5.24. The molecule has 116 valence electrons. The van der Waals surface area contributed by atoms with Crippen LogP contribution < -0.4 is 10.6 Å². The van der Waals surface area contributed by atoms with E-state index < -0.39 is 0 Å². The van der Waals surface area contributed by atoms with E-state index in [9.17, 15) is 9.59 Å². The van der Waals surface area contributed by atoms with E-state index in [1.807, 2.05) is 38.1 Å². The van der Waals surface area contributed by atoms with E-state index in [1.165, 1.54) is 5.56 Å². The van der Waals surface area contributed by atoms with Gasteiger partial charge in [0.15, 0.2) is 0 Å². The lowest BCUT2D eigenvalue weighted by atomic mass is 10.1. The first-order valence-corrected chi connectivity index (χ1v) is 7.23. The predicted octanol–water partition coefficient (Wildman–Crippen LogP) is 0.931. The fourth-order valence-electron chi connectivity index (χ4n) is 1.87. The highest BCUT2D eigenvalue weighted by Gasteiger charge is 2.08. The first kappa shape index (κ1) is 17.2. The van der Waals surface area contributed by atoms with E-state index in [0.29, 0.717) is 19.3 Å². The zero-order chi connectivity index (χ0) is 15.7. The molecule has 5 heteroatoms. The van der Waals surface area contributed by atoms with Crippen LogP contribution in [0.15, 0.2) is 24.3 Å². The van der Waals surface area contributed by atoms with Gasteiger partial charge in [-0.05, 0) is 32.3 Å². The van der Waals surface area contributed by atoms with Crippen LogP contribution in [0.2, 0.25) is 0 Å². The van der Waals surface area contributed by atoms with Crippen molar-refractivity contribution in [2.75, 3.05) is 13.2 Å². The molecule has 0 heterocycles. The molecule has 0 bridgehead atoms. The normalized spacial score (nSPS) is 11.8. The fraction of sp³-hybridized carbons (Fsp3) is 0.500. The third kappa shape index (κ3) is 7.46. The van der Waals surface area contributed by atoms with Crippen molar-refractivity contribution >= 4 is 11.8 Å². The molecule has 0 aliphatic heterocycles. The number of hydrogen-bond donors (Lipinski definition) is 3. The SMILES string of the molecule is Cc1ccc(CCC(=O)NCC(=O)NC(C)CCO)cc1. The molecular formula is C16H24N2O3. The maximum absolute atomic E-state index is 11.7. The van der Waals surface area contributed by atoms with Gasteiger partial charge in [0.05, 0.1) is 6.54 Å². The monoisotopic (exact) mass is 292 g/mol. The summed E-state index contributed by atoms with van der Waals surface area (Å²) in [5.74, 6) is -0.375. The van der Waals surface area contributed by atoms with Crippen molar-refractivity contribution in [3.63, 3.8) is 0 Å². The summed E-state index contributed by atoms with van der Waals surface area (Å²) in [7, 11) is 0. The Morgan fingerprint density at radius 2 is 1.86 bits per heavy atom. The molecule has 1 aromatic rings. The van der Waals surface area contributed by atoms with Gasteiger partial charge in [-0.1, -0.05) is 29.8 Å². The smallest absolute Gasteiger partial charge is 0.239 e. The van der Waals surface area contributed by atoms with Crippen LogP contribution >= 0.6 is 0 Å². The molecule has 1 atom stereocenters. The summed E-state index contributed by atoms with van der Waals surface area (Å²) in [4.78, 5) is 23.2. The number of benzene rings is 1. The summed E-state index contributed by atoms with van der Waals surface area (Å²) in [5, 5.41) is 14.0. The lowest BCUT2D eigenvalue weighted by Crippen LogP contribution is -2.41. The Bertz CT molecular complexity index is 457. The molecule has 0 radical (unpaired) electrons. The van der Waals surface area contributed by atoms with E-state index >= 15 is 0 Å². The number of aliphatic hydroxyl groups excluding tert-OH is 1. The minimum absolute atomic E-state index is 0.0253. The summed E-state index contributed by atoms with van der Waals surface area (Å²) in [6.45, 7) is 3.84. The van der Waals surface area contributed by atoms with Gasteiger partial charge in [-0.2, -0.15) is 0 Å². The molecule has 0 aromatic heterocycles. The molecule has 3 N–H and O–H groups in total. The van der Waals surface area contributed by atoms with E-state index in [1.54, 1.807) is 0 Å². The van der Waals surface area contributed by atoms with Crippen LogP contribution in [-0.2, 0) is 16.0 Å². The van der Waals surface area contributed by atoms with Gasteiger partial charge in [-0.3, -0.25) is 9.59 Å². The maximum Gasteiger partial charge on any atom is 0.239 e. The first-order chi connectivity index (χ1) is 10.0. The highest BCUT2D eigenvalue weighted by Crippen LogP contribution is 2.05. The average molecular weight is 292 g/mol. The fourth-order valence-corrected chi connectivity index (χ4v) is 1.87. The van der Waals surface area contributed by atoms with Gasteiger partial charge >= 0.3 is 0 Å². The van der Waals surface area contributed by atoms with Crippen molar-refractivity contribution in [3.05, 3.63) is 35.4 Å².